The van der Waals surface area contributed by atoms with Gasteiger partial charge in [-0.25, -0.2) is 0 Å². The summed E-state index contributed by atoms with van der Waals surface area (Å²) in [5, 5.41) is 0. The molecule has 0 bridgehead atoms. The van der Waals surface area contributed by atoms with Crippen molar-refractivity contribution in [2.45, 2.75) is 18.9 Å². The molecule has 0 N–H and O–H groups in total. The Morgan fingerprint density at radius 3 is 1.93 bits per heavy atom. The van der Waals surface area contributed by atoms with E-state index in [2.05, 4.69) is 0 Å². The lowest BCUT2D eigenvalue weighted by Crippen LogP contribution is -2.48. The molecule has 0 fully saturated rings. The number of esters is 2. The molecular formula is C22H22O5. The van der Waals surface area contributed by atoms with Gasteiger partial charge in [0.15, 0.2) is 5.41 Å². The monoisotopic (exact) mass is 366 g/mol. The summed E-state index contributed by atoms with van der Waals surface area (Å²) in [5.74, 6) is -0.912. The molecule has 1 aliphatic heterocycles. The fraction of sp³-hybridized carbons (Fsp3) is 0.273. The van der Waals surface area contributed by atoms with Gasteiger partial charge in [0.1, 0.15) is 11.4 Å². The van der Waals surface area contributed by atoms with Gasteiger partial charge in [-0.1, -0.05) is 60.7 Å². The van der Waals surface area contributed by atoms with Crippen molar-refractivity contribution in [1.82, 2.24) is 0 Å². The van der Waals surface area contributed by atoms with E-state index in [1.165, 1.54) is 20.3 Å². The average molecular weight is 366 g/mol. The Bertz CT molecular complexity index is 841. The first kappa shape index (κ1) is 18.7. The molecule has 5 heteroatoms. The minimum atomic E-state index is -1.60. The smallest absolute Gasteiger partial charge is 0.327 e. The number of hydrogen-bond acceptors (Lipinski definition) is 5. The number of carbonyl (C=O) groups is 2. The van der Waals surface area contributed by atoms with E-state index in [0.29, 0.717) is 5.76 Å². The van der Waals surface area contributed by atoms with Gasteiger partial charge >= 0.3 is 11.9 Å². The Balaban J connectivity index is 2.22. The molecule has 1 atom stereocenters. The topological polar surface area (TPSA) is 61.8 Å². The van der Waals surface area contributed by atoms with E-state index in [0.717, 1.165) is 11.1 Å². The predicted octanol–water partition coefficient (Wildman–Crippen LogP) is 3.70. The summed E-state index contributed by atoms with van der Waals surface area (Å²) in [6.07, 6.45) is 1.59. The third-order valence-corrected chi connectivity index (χ3v) is 4.87. The molecule has 0 spiro atoms. The number of carbonyl (C=O) groups excluding carboxylic acids is 2. The third kappa shape index (κ3) is 3.33. The number of benzene rings is 2. The maximum Gasteiger partial charge on any atom is 0.327 e. The molecule has 1 heterocycles. The van der Waals surface area contributed by atoms with Gasteiger partial charge in [-0.3, -0.25) is 9.59 Å². The highest BCUT2D eigenvalue weighted by molar-refractivity contribution is 6.04. The van der Waals surface area contributed by atoms with E-state index in [1.54, 1.807) is 0 Å². The van der Waals surface area contributed by atoms with Crippen molar-refractivity contribution >= 4 is 17.7 Å². The molecule has 1 unspecified atom stereocenters. The number of ether oxygens (including phenoxy) is 3. The van der Waals surface area contributed by atoms with Crippen LogP contribution in [0.5, 0.6) is 0 Å². The Kier molecular flexibility index (Phi) is 5.04. The summed E-state index contributed by atoms with van der Waals surface area (Å²) in [4.78, 5) is 25.5. The van der Waals surface area contributed by atoms with E-state index in [-0.39, 0.29) is 6.42 Å². The zero-order valence-corrected chi connectivity index (χ0v) is 15.6. The van der Waals surface area contributed by atoms with Gasteiger partial charge in [-0.15, -0.1) is 0 Å². The highest BCUT2D eigenvalue weighted by Gasteiger charge is 2.56. The highest BCUT2D eigenvalue weighted by Crippen LogP contribution is 2.48. The van der Waals surface area contributed by atoms with Crippen LogP contribution in [0.25, 0.3) is 5.76 Å². The van der Waals surface area contributed by atoms with Crippen molar-refractivity contribution in [3.8, 4) is 0 Å². The summed E-state index contributed by atoms with van der Waals surface area (Å²) in [6.45, 7) is 1.86. The summed E-state index contributed by atoms with van der Waals surface area (Å²) >= 11 is 0. The van der Waals surface area contributed by atoms with Crippen molar-refractivity contribution in [2.24, 2.45) is 5.41 Å². The molecule has 0 radical (unpaired) electrons. The lowest BCUT2D eigenvalue weighted by Gasteiger charge is -2.42. The quantitative estimate of drug-likeness (QED) is 0.610. The Morgan fingerprint density at radius 2 is 1.41 bits per heavy atom. The zero-order valence-electron chi connectivity index (χ0n) is 15.6. The van der Waals surface area contributed by atoms with E-state index < -0.39 is 23.0 Å². The van der Waals surface area contributed by atoms with E-state index in [9.17, 15) is 9.59 Å². The lowest BCUT2D eigenvalue weighted by molar-refractivity contribution is -0.171. The van der Waals surface area contributed by atoms with E-state index >= 15 is 0 Å². The first-order valence-corrected chi connectivity index (χ1v) is 8.65. The van der Waals surface area contributed by atoms with Crippen molar-refractivity contribution < 1.29 is 23.8 Å². The van der Waals surface area contributed by atoms with Gasteiger partial charge in [-0.2, -0.15) is 0 Å². The average Bonchev–Trinajstić information content (AvgIpc) is 2.73. The van der Waals surface area contributed by atoms with Crippen molar-refractivity contribution in [3.05, 3.63) is 77.9 Å². The third-order valence-electron chi connectivity index (χ3n) is 4.87. The largest absolute Gasteiger partial charge is 0.482 e. The van der Waals surface area contributed by atoms with Crippen LogP contribution >= 0.6 is 0 Å². The Hall–Kier alpha value is -3.08. The molecule has 0 aromatic heterocycles. The first-order valence-electron chi connectivity index (χ1n) is 8.65. The highest BCUT2D eigenvalue weighted by atomic mass is 16.5. The minimum Gasteiger partial charge on any atom is -0.482 e. The van der Waals surface area contributed by atoms with Crippen LogP contribution in [-0.2, 0) is 29.4 Å². The molecule has 0 aliphatic carbocycles. The maximum atomic E-state index is 12.8. The van der Waals surface area contributed by atoms with E-state index in [1.807, 2.05) is 67.6 Å². The molecule has 1 aliphatic rings. The van der Waals surface area contributed by atoms with Crippen LogP contribution in [0.2, 0.25) is 0 Å². The first-order chi connectivity index (χ1) is 12.9. The summed E-state index contributed by atoms with van der Waals surface area (Å²) in [6, 6.07) is 18.8. The van der Waals surface area contributed by atoms with Gasteiger partial charge in [0.2, 0.25) is 0 Å². The second-order valence-corrected chi connectivity index (χ2v) is 6.70. The van der Waals surface area contributed by atoms with E-state index in [4.69, 9.17) is 14.2 Å². The summed E-state index contributed by atoms with van der Waals surface area (Å²) in [7, 11) is 2.52. The second kappa shape index (κ2) is 7.27. The normalized spacial score (nSPS) is 20.8. The molecule has 140 valence electrons. The summed E-state index contributed by atoms with van der Waals surface area (Å²) in [5.41, 5.74) is -0.915. The summed E-state index contributed by atoms with van der Waals surface area (Å²) < 4.78 is 16.3. The zero-order chi connectivity index (χ0) is 19.5. The van der Waals surface area contributed by atoms with Crippen molar-refractivity contribution in [2.75, 3.05) is 14.2 Å². The number of hydrogen-bond donors (Lipinski definition) is 0. The van der Waals surface area contributed by atoms with Gasteiger partial charge in [0.05, 0.1) is 14.2 Å². The number of methoxy groups -OCH3 is 2. The SMILES string of the molecule is COC(=O)C1(C(=O)OC)C=C(c2ccccc2)OC(C)(c2ccccc2)C1. The standard InChI is InChI=1S/C22H22O5/c1-21(17-12-8-5-9-13-17)15-22(19(23)25-2,20(24)26-3)14-18(27-21)16-10-6-4-7-11-16/h4-14H,15H2,1-3H3. The van der Waals surface area contributed by atoms with Crippen LogP contribution in [0, 0.1) is 5.41 Å². The van der Waals surface area contributed by atoms with Crippen LogP contribution < -0.4 is 0 Å². The molecular weight excluding hydrogens is 344 g/mol. The second-order valence-electron chi connectivity index (χ2n) is 6.70. The fourth-order valence-corrected chi connectivity index (χ4v) is 3.52. The maximum absolute atomic E-state index is 12.8. The molecule has 0 saturated carbocycles. The minimum absolute atomic E-state index is 0.0691. The van der Waals surface area contributed by atoms with Crippen LogP contribution in [0.4, 0.5) is 0 Å². The lowest BCUT2D eigenvalue weighted by atomic mass is 9.72. The van der Waals surface area contributed by atoms with Crippen LogP contribution in [0.1, 0.15) is 24.5 Å². The molecule has 0 amide bonds. The van der Waals surface area contributed by atoms with Gasteiger partial charge in [0, 0.05) is 12.0 Å². The molecule has 0 saturated heterocycles. The van der Waals surface area contributed by atoms with Crippen molar-refractivity contribution in [3.63, 3.8) is 0 Å². The van der Waals surface area contributed by atoms with Crippen LogP contribution in [-0.4, -0.2) is 26.2 Å². The molecule has 5 nitrogen and oxygen atoms in total. The molecule has 27 heavy (non-hydrogen) atoms. The van der Waals surface area contributed by atoms with Crippen LogP contribution in [0.15, 0.2) is 66.7 Å². The molecule has 3 rings (SSSR count). The van der Waals surface area contributed by atoms with Gasteiger partial charge in [-0.05, 0) is 18.6 Å². The molecule has 2 aromatic rings. The van der Waals surface area contributed by atoms with Crippen LogP contribution in [0.3, 0.4) is 0 Å². The predicted molar refractivity (Wildman–Crippen MR) is 100 cm³/mol. The van der Waals surface area contributed by atoms with Gasteiger partial charge < -0.3 is 14.2 Å². The van der Waals surface area contributed by atoms with Crippen molar-refractivity contribution in [1.29, 1.82) is 0 Å². The fourth-order valence-electron chi connectivity index (χ4n) is 3.52. The molecule has 2 aromatic carbocycles. The Morgan fingerprint density at radius 1 is 0.889 bits per heavy atom. The Labute approximate surface area is 158 Å². The van der Waals surface area contributed by atoms with Gasteiger partial charge in [0.25, 0.3) is 0 Å². The number of rotatable bonds is 4.